The predicted molar refractivity (Wildman–Crippen MR) is 80.9 cm³/mol. The van der Waals surface area contributed by atoms with E-state index in [1.165, 1.54) is 6.42 Å². The van der Waals surface area contributed by atoms with E-state index in [0.29, 0.717) is 5.41 Å². The van der Waals surface area contributed by atoms with Gasteiger partial charge in [-0.25, -0.2) is 9.97 Å². The van der Waals surface area contributed by atoms with E-state index in [4.69, 9.17) is 4.98 Å². The lowest BCUT2D eigenvalue weighted by molar-refractivity contribution is 0.418. The molecule has 1 aromatic rings. The predicted octanol–water partition coefficient (Wildman–Crippen LogP) is 3.05. The minimum atomic E-state index is -0.0309. The molecule has 0 aromatic carbocycles. The van der Waals surface area contributed by atoms with E-state index >= 15 is 0 Å². The summed E-state index contributed by atoms with van der Waals surface area (Å²) in [7, 11) is 1.91. The smallest absolute Gasteiger partial charge is 0.138 e. The van der Waals surface area contributed by atoms with Crippen LogP contribution in [-0.2, 0) is 5.41 Å². The molecule has 0 aliphatic carbocycles. The maximum atomic E-state index is 4.78. The fourth-order valence-corrected chi connectivity index (χ4v) is 2.37. The Hall–Kier alpha value is -1.32. The summed E-state index contributed by atoms with van der Waals surface area (Å²) < 4.78 is 0. The van der Waals surface area contributed by atoms with E-state index in [1.54, 1.807) is 0 Å². The standard InChI is InChI=1S/C15H26N4/c1-14(2,3)13-17-11(16-6)9-12(18-13)19-8-7-15(4,5)10-19/h9H,7-8,10H2,1-6H3,(H,16,17,18). The van der Waals surface area contributed by atoms with Crippen LogP contribution in [0.1, 0.15) is 46.9 Å². The van der Waals surface area contributed by atoms with Crippen molar-refractivity contribution in [3.63, 3.8) is 0 Å². The Kier molecular flexibility index (Phi) is 3.45. The van der Waals surface area contributed by atoms with E-state index in [0.717, 1.165) is 30.5 Å². The summed E-state index contributed by atoms with van der Waals surface area (Å²) in [6, 6.07) is 2.05. The monoisotopic (exact) mass is 262 g/mol. The topological polar surface area (TPSA) is 41.0 Å². The van der Waals surface area contributed by atoms with Gasteiger partial charge in [-0.1, -0.05) is 34.6 Å². The molecule has 4 nitrogen and oxygen atoms in total. The average Bonchev–Trinajstić information content (AvgIpc) is 2.68. The molecule has 0 bridgehead atoms. The molecule has 4 heteroatoms. The Morgan fingerprint density at radius 1 is 1.26 bits per heavy atom. The number of nitrogens with one attached hydrogen (secondary N) is 1. The van der Waals surface area contributed by atoms with Gasteiger partial charge in [-0.2, -0.15) is 0 Å². The SMILES string of the molecule is CNc1cc(N2CCC(C)(C)C2)nc(C(C)(C)C)n1. The first kappa shape index (κ1) is 14.1. The highest BCUT2D eigenvalue weighted by molar-refractivity contribution is 5.50. The van der Waals surface area contributed by atoms with E-state index in [9.17, 15) is 0 Å². The molecular formula is C15H26N4. The molecule has 19 heavy (non-hydrogen) atoms. The van der Waals surface area contributed by atoms with Crippen molar-refractivity contribution < 1.29 is 0 Å². The number of anilines is 2. The van der Waals surface area contributed by atoms with E-state index in [2.05, 4.69) is 55.9 Å². The summed E-state index contributed by atoms with van der Waals surface area (Å²) in [6.07, 6.45) is 1.22. The number of rotatable bonds is 2. The van der Waals surface area contributed by atoms with Gasteiger partial charge in [0.25, 0.3) is 0 Å². The van der Waals surface area contributed by atoms with Crippen LogP contribution in [-0.4, -0.2) is 30.1 Å². The first-order valence-electron chi connectivity index (χ1n) is 7.03. The van der Waals surface area contributed by atoms with Crippen molar-refractivity contribution >= 4 is 11.6 Å². The maximum Gasteiger partial charge on any atom is 0.138 e. The van der Waals surface area contributed by atoms with Crippen molar-refractivity contribution in [3.05, 3.63) is 11.9 Å². The van der Waals surface area contributed by atoms with Crippen LogP contribution in [0.3, 0.4) is 0 Å². The van der Waals surface area contributed by atoms with Gasteiger partial charge in [0.15, 0.2) is 0 Å². The van der Waals surface area contributed by atoms with Crippen LogP contribution in [0.4, 0.5) is 11.6 Å². The van der Waals surface area contributed by atoms with Crippen LogP contribution in [0.5, 0.6) is 0 Å². The van der Waals surface area contributed by atoms with Gasteiger partial charge < -0.3 is 10.2 Å². The second-order valence-electron chi connectivity index (χ2n) is 7.27. The molecule has 0 atom stereocenters. The molecule has 1 N–H and O–H groups in total. The van der Waals surface area contributed by atoms with Gasteiger partial charge in [-0.15, -0.1) is 0 Å². The van der Waals surface area contributed by atoms with Crippen LogP contribution in [0, 0.1) is 5.41 Å². The lowest BCUT2D eigenvalue weighted by atomic mass is 9.93. The average molecular weight is 262 g/mol. The molecule has 0 spiro atoms. The second kappa shape index (κ2) is 4.66. The van der Waals surface area contributed by atoms with Crippen LogP contribution in [0.25, 0.3) is 0 Å². The second-order valence-corrected chi connectivity index (χ2v) is 7.27. The quantitative estimate of drug-likeness (QED) is 0.889. The summed E-state index contributed by atoms with van der Waals surface area (Å²) in [5.74, 6) is 2.86. The molecule has 1 aliphatic heterocycles. The van der Waals surface area contributed by atoms with Crippen LogP contribution < -0.4 is 10.2 Å². The molecule has 1 fully saturated rings. The number of nitrogens with zero attached hydrogens (tertiary/aromatic N) is 3. The molecule has 106 valence electrons. The Bertz CT molecular complexity index is 460. The van der Waals surface area contributed by atoms with Gasteiger partial charge in [0, 0.05) is 31.6 Å². The molecule has 2 heterocycles. The van der Waals surface area contributed by atoms with Crippen molar-refractivity contribution in [2.45, 2.75) is 46.5 Å². The third kappa shape index (κ3) is 3.17. The van der Waals surface area contributed by atoms with Crippen molar-refractivity contribution in [3.8, 4) is 0 Å². The fraction of sp³-hybridized carbons (Fsp3) is 0.733. The molecule has 0 saturated carbocycles. The molecule has 0 radical (unpaired) electrons. The molecule has 1 aromatic heterocycles. The highest BCUT2D eigenvalue weighted by Gasteiger charge is 2.31. The fourth-order valence-electron chi connectivity index (χ4n) is 2.37. The van der Waals surface area contributed by atoms with Crippen molar-refractivity contribution in [1.82, 2.24) is 9.97 Å². The zero-order valence-electron chi connectivity index (χ0n) is 13.0. The van der Waals surface area contributed by atoms with Crippen molar-refractivity contribution in [2.24, 2.45) is 5.41 Å². The molecule has 2 rings (SSSR count). The van der Waals surface area contributed by atoms with Gasteiger partial charge in [-0.05, 0) is 11.8 Å². The highest BCUT2D eigenvalue weighted by Crippen LogP contribution is 2.33. The van der Waals surface area contributed by atoms with Crippen LogP contribution >= 0.6 is 0 Å². The Balaban J connectivity index is 2.35. The molecule has 0 unspecified atom stereocenters. The molecule has 1 saturated heterocycles. The zero-order chi connectivity index (χ0) is 14.3. The minimum absolute atomic E-state index is 0.0309. The lowest BCUT2D eigenvalue weighted by Gasteiger charge is -2.24. The third-order valence-electron chi connectivity index (χ3n) is 3.64. The first-order chi connectivity index (χ1) is 8.71. The normalized spacial score (nSPS) is 18.7. The Labute approximate surface area is 116 Å². The maximum absolute atomic E-state index is 4.78. The molecular weight excluding hydrogens is 236 g/mol. The van der Waals surface area contributed by atoms with E-state index < -0.39 is 0 Å². The van der Waals surface area contributed by atoms with E-state index in [1.807, 2.05) is 7.05 Å². The number of aromatic nitrogens is 2. The van der Waals surface area contributed by atoms with Crippen LogP contribution in [0.2, 0.25) is 0 Å². The highest BCUT2D eigenvalue weighted by atomic mass is 15.2. The Morgan fingerprint density at radius 2 is 1.95 bits per heavy atom. The van der Waals surface area contributed by atoms with Gasteiger partial charge in [0.05, 0.1) is 0 Å². The zero-order valence-corrected chi connectivity index (χ0v) is 13.0. The largest absolute Gasteiger partial charge is 0.373 e. The van der Waals surface area contributed by atoms with Gasteiger partial charge in [0.2, 0.25) is 0 Å². The van der Waals surface area contributed by atoms with Crippen molar-refractivity contribution in [2.75, 3.05) is 30.4 Å². The van der Waals surface area contributed by atoms with Crippen molar-refractivity contribution in [1.29, 1.82) is 0 Å². The van der Waals surface area contributed by atoms with E-state index in [-0.39, 0.29) is 5.41 Å². The number of hydrogen-bond acceptors (Lipinski definition) is 4. The van der Waals surface area contributed by atoms with Gasteiger partial charge in [0.1, 0.15) is 17.5 Å². The molecule has 0 amide bonds. The van der Waals surface area contributed by atoms with Crippen LogP contribution in [0.15, 0.2) is 6.07 Å². The summed E-state index contributed by atoms with van der Waals surface area (Å²) in [5, 5.41) is 3.15. The van der Waals surface area contributed by atoms with Gasteiger partial charge >= 0.3 is 0 Å². The molecule has 1 aliphatic rings. The summed E-state index contributed by atoms with van der Waals surface area (Å²) in [6.45, 7) is 13.2. The summed E-state index contributed by atoms with van der Waals surface area (Å²) >= 11 is 0. The van der Waals surface area contributed by atoms with Gasteiger partial charge in [-0.3, -0.25) is 0 Å². The minimum Gasteiger partial charge on any atom is -0.373 e. The summed E-state index contributed by atoms with van der Waals surface area (Å²) in [4.78, 5) is 11.7. The first-order valence-corrected chi connectivity index (χ1v) is 7.03. The third-order valence-corrected chi connectivity index (χ3v) is 3.64. The Morgan fingerprint density at radius 3 is 2.42 bits per heavy atom. The number of hydrogen-bond donors (Lipinski definition) is 1. The summed E-state index contributed by atoms with van der Waals surface area (Å²) in [5.41, 5.74) is 0.351. The lowest BCUT2D eigenvalue weighted by Crippen LogP contribution is -2.26.